The summed E-state index contributed by atoms with van der Waals surface area (Å²) in [6, 6.07) is 13.2. The maximum Gasteiger partial charge on any atom is 0.254 e. The zero-order valence-electron chi connectivity index (χ0n) is 14.5. The first kappa shape index (κ1) is 17.6. The third-order valence-electron chi connectivity index (χ3n) is 4.72. The number of amides is 1. The number of halogens is 2. The molecule has 4 nitrogen and oxygen atoms in total. The van der Waals surface area contributed by atoms with Crippen LogP contribution in [0.3, 0.4) is 0 Å². The molecule has 1 heterocycles. The summed E-state index contributed by atoms with van der Waals surface area (Å²) in [5.74, 6) is 1.59. The van der Waals surface area contributed by atoms with E-state index in [1.54, 1.807) is 4.90 Å². The van der Waals surface area contributed by atoms with Crippen LogP contribution >= 0.6 is 27.5 Å². The molecule has 1 saturated carbocycles. The summed E-state index contributed by atoms with van der Waals surface area (Å²) < 4.78 is 3.12. The molecule has 26 heavy (non-hydrogen) atoms. The van der Waals surface area contributed by atoms with Gasteiger partial charge in [-0.2, -0.15) is 0 Å². The number of aromatic nitrogens is 2. The lowest BCUT2D eigenvalue weighted by atomic mass is 10.2. The van der Waals surface area contributed by atoms with E-state index in [1.165, 1.54) is 12.8 Å². The second-order valence-electron chi connectivity index (χ2n) is 6.89. The van der Waals surface area contributed by atoms with Crippen molar-refractivity contribution in [3.05, 3.63) is 63.3 Å². The van der Waals surface area contributed by atoms with Gasteiger partial charge in [-0.05, 0) is 55.2 Å². The maximum absolute atomic E-state index is 12.8. The Morgan fingerprint density at radius 1 is 1.31 bits per heavy atom. The molecule has 2 aromatic carbocycles. The highest BCUT2D eigenvalue weighted by Crippen LogP contribution is 2.33. The van der Waals surface area contributed by atoms with Crippen LogP contribution in [0.1, 0.15) is 29.0 Å². The standard InChI is InChI=1S/C20H19BrClN3O/c1-24(20(26)14-3-2-4-15(21)9-14)12-19-23-17-8-7-16(22)10-18(17)25(19)11-13-5-6-13/h2-4,7-10,13H,5-6,11-12H2,1H3. The fraction of sp³-hybridized carbons (Fsp3) is 0.300. The van der Waals surface area contributed by atoms with E-state index in [0.717, 1.165) is 27.9 Å². The molecule has 0 N–H and O–H groups in total. The average Bonchev–Trinajstić information content (AvgIpc) is 3.38. The van der Waals surface area contributed by atoms with Crippen LogP contribution in [0.4, 0.5) is 0 Å². The van der Waals surface area contributed by atoms with Crippen LogP contribution in [-0.4, -0.2) is 27.4 Å². The quantitative estimate of drug-likeness (QED) is 0.560. The van der Waals surface area contributed by atoms with E-state index in [1.807, 2.05) is 49.5 Å². The second kappa shape index (κ2) is 7.05. The molecule has 4 rings (SSSR count). The van der Waals surface area contributed by atoms with Gasteiger partial charge in [0, 0.05) is 28.7 Å². The molecule has 1 amide bonds. The molecule has 1 aliphatic rings. The first-order chi connectivity index (χ1) is 12.5. The molecule has 1 aliphatic carbocycles. The van der Waals surface area contributed by atoms with Crippen LogP contribution in [0.2, 0.25) is 5.02 Å². The number of hydrogen-bond donors (Lipinski definition) is 0. The highest BCUT2D eigenvalue weighted by molar-refractivity contribution is 9.10. The molecule has 0 unspecified atom stereocenters. The van der Waals surface area contributed by atoms with Gasteiger partial charge >= 0.3 is 0 Å². The van der Waals surface area contributed by atoms with Gasteiger partial charge in [0.15, 0.2) is 0 Å². The minimum absolute atomic E-state index is 0.0191. The molecule has 0 aliphatic heterocycles. The number of imidazole rings is 1. The number of hydrogen-bond acceptors (Lipinski definition) is 2. The van der Waals surface area contributed by atoms with Crippen molar-refractivity contribution in [2.24, 2.45) is 5.92 Å². The van der Waals surface area contributed by atoms with Gasteiger partial charge in [-0.1, -0.05) is 33.6 Å². The van der Waals surface area contributed by atoms with E-state index < -0.39 is 0 Å². The largest absolute Gasteiger partial charge is 0.334 e. The van der Waals surface area contributed by atoms with Gasteiger partial charge in [-0.15, -0.1) is 0 Å². The van der Waals surface area contributed by atoms with E-state index in [4.69, 9.17) is 16.6 Å². The van der Waals surface area contributed by atoms with Gasteiger partial charge in [0.1, 0.15) is 5.82 Å². The molecule has 0 atom stereocenters. The summed E-state index contributed by atoms with van der Waals surface area (Å²) in [5.41, 5.74) is 2.63. The number of rotatable bonds is 5. The lowest BCUT2D eigenvalue weighted by Crippen LogP contribution is -2.28. The number of nitrogens with zero attached hydrogens (tertiary/aromatic N) is 3. The highest BCUT2D eigenvalue weighted by atomic mass is 79.9. The Kier molecular flexibility index (Phi) is 4.76. The summed E-state index contributed by atoms with van der Waals surface area (Å²) in [4.78, 5) is 19.2. The third-order valence-corrected chi connectivity index (χ3v) is 5.45. The molecule has 0 saturated heterocycles. The van der Waals surface area contributed by atoms with Gasteiger partial charge in [-0.25, -0.2) is 4.98 Å². The van der Waals surface area contributed by atoms with Crippen LogP contribution < -0.4 is 0 Å². The lowest BCUT2D eigenvalue weighted by molar-refractivity contribution is 0.0780. The zero-order chi connectivity index (χ0) is 18.3. The summed E-state index contributed by atoms with van der Waals surface area (Å²) >= 11 is 9.62. The SMILES string of the molecule is CN(Cc1nc2ccc(Cl)cc2n1CC1CC1)C(=O)c1cccc(Br)c1. The Morgan fingerprint density at radius 2 is 2.12 bits per heavy atom. The number of benzene rings is 2. The van der Waals surface area contributed by atoms with Crippen LogP contribution in [0, 0.1) is 5.92 Å². The van der Waals surface area contributed by atoms with Crippen LogP contribution in [0.15, 0.2) is 46.9 Å². The Labute approximate surface area is 165 Å². The van der Waals surface area contributed by atoms with Crippen molar-refractivity contribution in [1.82, 2.24) is 14.5 Å². The topological polar surface area (TPSA) is 38.1 Å². The van der Waals surface area contributed by atoms with Gasteiger partial charge in [0.25, 0.3) is 5.91 Å². The normalized spacial score (nSPS) is 14.0. The van der Waals surface area contributed by atoms with Crippen molar-refractivity contribution in [3.8, 4) is 0 Å². The molecule has 0 spiro atoms. The number of fused-ring (bicyclic) bond motifs is 1. The van der Waals surface area contributed by atoms with Gasteiger partial charge < -0.3 is 9.47 Å². The van der Waals surface area contributed by atoms with Gasteiger partial charge in [-0.3, -0.25) is 4.79 Å². The minimum atomic E-state index is -0.0191. The second-order valence-corrected chi connectivity index (χ2v) is 8.24. The molecule has 1 fully saturated rings. The third kappa shape index (κ3) is 3.64. The predicted molar refractivity (Wildman–Crippen MR) is 107 cm³/mol. The van der Waals surface area contributed by atoms with Crippen molar-refractivity contribution < 1.29 is 4.79 Å². The van der Waals surface area contributed by atoms with E-state index in [2.05, 4.69) is 20.5 Å². The van der Waals surface area contributed by atoms with Crippen LogP contribution in [0.25, 0.3) is 11.0 Å². The summed E-state index contributed by atoms with van der Waals surface area (Å²) in [6.07, 6.45) is 2.51. The van der Waals surface area contributed by atoms with E-state index >= 15 is 0 Å². The molecule has 6 heteroatoms. The average molecular weight is 433 g/mol. The molecule has 1 aromatic heterocycles. The Morgan fingerprint density at radius 3 is 2.85 bits per heavy atom. The smallest absolute Gasteiger partial charge is 0.254 e. The predicted octanol–water partition coefficient (Wildman–Crippen LogP) is 5.13. The maximum atomic E-state index is 12.8. The van der Waals surface area contributed by atoms with Crippen LogP contribution in [0.5, 0.6) is 0 Å². The lowest BCUT2D eigenvalue weighted by Gasteiger charge is -2.18. The highest BCUT2D eigenvalue weighted by Gasteiger charge is 2.25. The summed E-state index contributed by atoms with van der Waals surface area (Å²) in [7, 11) is 1.82. The minimum Gasteiger partial charge on any atom is -0.334 e. The summed E-state index contributed by atoms with van der Waals surface area (Å²) in [6.45, 7) is 1.40. The molecular formula is C20H19BrClN3O. The van der Waals surface area contributed by atoms with Gasteiger partial charge in [0.2, 0.25) is 0 Å². The van der Waals surface area contributed by atoms with Crippen molar-refractivity contribution >= 4 is 44.5 Å². The molecule has 134 valence electrons. The fourth-order valence-corrected chi connectivity index (χ4v) is 3.72. The van der Waals surface area contributed by atoms with Gasteiger partial charge in [0.05, 0.1) is 17.6 Å². The van der Waals surface area contributed by atoms with E-state index in [-0.39, 0.29) is 5.91 Å². The number of carbonyl (C=O) groups excluding carboxylic acids is 1. The first-order valence-electron chi connectivity index (χ1n) is 8.67. The van der Waals surface area contributed by atoms with E-state index in [9.17, 15) is 4.79 Å². The van der Waals surface area contributed by atoms with Crippen molar-refractivity contribution in [3.63, 3.8) is 0 Å². The van der Waals surface area contributed by atoms with E-state index in [0.29, 0.717) is 23.0 Å². The number of carbonyl (C=O) groups is 1. The molecule has 0 radical (unpaired) electrons. The monoisotopic (exact) mass is 431 g/mol. The molecular weight excluding hydrogens is 414 g/mol. The zero-order valence-corrected chi connectivity index (χ0v) is 16.8. The Balaban J connectivity index is 1.64. The van der Waals surface area contributed by atoms with Crippen molar-refractivity contribution in [2.75, 3.05) is 7.05 Å². The Bertz CT molecular complexity index is 980. The molecule has 3 aromatic rings. The molecule has 0 bridgehead atoms. The summed E-state index contributed by atoms with van der Waals surface area (Å²) in [5, 5.41) is 0.708. The van der Waals surface area contributed by atoms with Crippen molar-refractivity contribution in [1.29, 1.82) is 0 Å². The van der Waals surface area contributed by atoms with Crippen LogP contribution in [-0.2, 0) is 13.1 Å². The first-order valence-corrected chi connectivity index (χ1v) is 9.84. The Hall–Kier alpha value is -1.85. The van der Waals surface area contributed by atoms with Crippen molar-refractivity contribution in [2.45, 2.75) is 25.9 Å². The fourth-order valence-electron chi connectivity index (χ4n) is 3.15.